The average Bonchev–Trinajstić information content (AvgIpc) is 2.86. The van der Waals surface area contributed by atoms with E-state index in [-0.39, 0.29) is 0 Å². The van der Waals surface area contributed by atoms with Gasteiger partial charge in [-0.05, 0) is 48.0 Å². The highest BCUT2D eigenvalue weighted by atomic mass is 79.9. The molecule has 1 aliphatic rings. The molecule has 4 nitrogen and oxygen atoms in total. The largest absolute Gasteiger partial charge is 0.365 e. The molecule has 0 radical (unpaired) electrons. The Kier molecular flexibility index (Phi) is 3.66. The third kappa shape index (κ3) is 2.44. The summed E-state index contributed by atoms with van der Waals surface area (Å²) in [7, 11) is 2.01. The standard InChI is InChI=1S/C14H17BrN4/c1-16-9-11-3-2-6-19(11)13-4-5-17-12-7-10(15)8-18-14(12)13/h4-5,7-8,11,16H,2-3,6,9H2,1H3. The number of halogens is 1. The molecule has 1 atom stereocenters. The quantitative estimate of drug-likeness (QED) is 0.943. The van der Waals surface area contributed by atoms with E-state index < -0.39 is 0 Å². The van der Waals surface area contributed by atoms with Crippen LogP contribution in [0.4, 0.5) is 5.69 Å². The molecule has 1 unspecified atom stereocenters. The number of hydrogen-bond donors (Lipinski definition) is 1. The van der Waals surface area contributed by atoms with Crippen LogP contribution in [-0.4, -0.2) is 36.1 Å². The lowest BCUT2D eigenvalue weighted by Gasteiger charge is -2.27. The fourth-order valence-electron chi connectivity index (χ4n) is 2.82. The normalized spacial score (nSPS) is 19.3. The number of aromatic nitrogens is 2. The van der Waals surface area contributed by atoms with Gasteiger partial charge < -0.3 is 10.2 Å². The molecule has 100 valence electrons. The van der Waals surface area contributed by atoms with Crippen molar-refractivity contribution in [3.8, 4) is 0 Å². The first-order valence-electron chi connectivity index (χ1n) is 6.61. The molecule has 1 fully saturated rings. The third-order valence-corrected chi connectivity index (χ3v) is 4.08. The van der Waals surface area contributed by atoms with E-state index in [9.17, 15) is 0 Å². The predicted octanol–water partition coefficient (Wildman–Crippen LogP) is 2.58. The number of fused-ring (bicyclic) bond motifs is 1. The molecule has 2 aromatic heterocycles. The fourth-order valence-corrected chi connectivity index (χ4v) is 3.14. The van der Waals surface area contributed by atoms with Crippen LogP contribution in [0.2, 0.25) is 0 Å². The van der Waals surface area contributed by atoms with Crippen LogP contribution in [0.1, 0.15) is 12.8 Å². The first-order valence-corrected chi connectivity index (χ1v) is 7.40. The number of nitrogens with one attached hydrogen (secondary N) is 1. The monoisotopic (exact) mass is 320 g/mol. The van der Waals surface area contributed by atoms with Crippen molar-refractivity contribution < 1.29 is 0 Å². The Morgan fingerprint density at radius 3 is 3.21 bits per heavy atom. The second-order valence-corrected chi connectivity index (χ2v) is 5.81. The van der Waals surface area contributed by atoms with Gasteiger partial charge >= 0.3 is 0 Å². The van der Waals surface area contributed by atoms with Gasteiger partial charge in [0.15, 0.2) is 0 Å². The molecular formula is C14H17BrN4. The molecule has 0 aromatic carbocycles. The van der Waals surface area contributed by atoms with Gasteiger partial charge in [0.1, 0.15) is 5.52 Å². The van der Waals surface area contributed by atoms with E-state index in [1.807, 2.05) is 25.5 Å². The summed E-state index contributed by atoms with van der Waals surface area (Å²) in [6.45, 7) is 2.11. The topological polar surface area (TPSA) is 41.0 Å². The van der Waals surface area contributed by atoms with E-state index in [0.717, 1.165) is 28.6 Å². The van der Waals surface area contributed by atoms with Gasteiger partial charge in [0.05, 0.1) is 11.2 Å². The highest BCUT2D eigenvalue weighted by molar-refractivity contribution is 9.10. The first kappa shape index (κ1) is 12.8. The van der Waals surface area contributed by atoms with Crippen molar-refractivity contribution in [2.45, 2.75) is 18.9 Å². The first-order chi connectivity index (χ1) is 9.29. The van der Waals surface area contributed by atoms with Gasteiger partial charge in [0.25, 0.3) is 0 Å². The molecule has 5 heteroatoms. The van der Waals surface area contributed by atoms with Gasteiger partial charge in [-0.1, -0.05) is 0 Å². The fraction of sp³-hybridized carbons (Fsp3) is 0.429. The molecule has 1 saturated heterocycles. The number of anilines is 1. The van der Waals surface area contributed by atoms with Gasteiger partial charge in [-0.2, -0.15) is 0 Å². The summed E-state index contributed by atoms with van der Waals surface area (Å²) in [5, 5.41) is 3.28. The maximum Gasteiger partial charge on any atom is 0.112 e. The highest BCUT2D eigenvalue weighted by Crippen LogP contribution is 2.30. The zero-order valence-corrected chi connectivity index (χ0v) is 12.5. The summed E-state index contributed by atoms with van der Waals surface area (Å²) in [5.74, 6) is 0. The average molecular weight is 321 g/mol. The van der Waals surface area contributed by atoms with Crippen LogP contribution >= 0.6 is 15.9 Å². The Labute approximate surface area is 121 Å². The Morgan fingerprint density at radius 2 is 2.37 bits per heavy atom. The summed E-state index contributed by atoms with van der Waals surface area (Å²) < 4.78 is 0.970. The summed E-state index contributed by atoms with van der Waals surface area (Å²) in [4.78, 5) is 11.4. The van der Waals surface area contributed by atoms with E-state index in [1.165, 1.54) is 18.5 Å². The molecule has 0 bridgehead atoms. The maximum atomic E-state index is 4.55. The lowest BCUT2D eigenvalue weighted by molar-refractivity contribution is 0.616. The van der Waals surface area contributed by atoms with E-state index >= 15 is 0 Å². The van der Waals surface area contributed by atoms with Crippen molar-refractivity contribution in [1.82, 2.24) is 15.3 Å². The summed E-state index contributed by atoms with van der Waals surface area (Å²) >= 11 is 3.45. The summed E-state index contributed by atoms with van der Waals surface area (Å²) in [6.07, 6.45) is 6.20. The molecule has 0 spiro atoms. The Bertz CT molecular complexity index is 587. The smallest absolute Gasteiger partial charge is 0.112 e. The van der Waals surface area contributed by atoms with Crippen molar-refractivity contribution in [2.24, 2.45) is 0 Å². The number of likely N-dealkylation sites (N-methyl/N-ethyl adjacent to an activating group) is 1. The SMILES string of the molecule is CNCC1CCCN1c1ccnc2cc(Br)cnc12. The Morgan fingerprint density at radius 1 is 1.47 bits per heavy atom. The predicted molar refractivity (Wildman–Crippen MR) is 81.5 cm³/mol. The minimum absolute atomic E-state index is 0.557. The molecule has 19 heavy (non-hydrogen) atoms. The van der Waals surface area contributed by atoms with Crippen molar-refractivity contribution in [3.63, 3.8) is 0 Å². The van der Waals surface area contributed by atoms with Gasteiger partial charge in [-0.3, -0.25) is 9.97 Å². The lowest BCUT2D eigenvalue weighted by Crippen LogP contribution is -2.36. The summed E-state index contributed by atoms with van der Waals surface area (Å²) in [5.41, 5.74) is 3.14. The summed E-state index contributed by atoms with van der Waals surface area (Å²) in [6, 6.07) is 4.66. The molecule has 1 aliphatic heterocycles. The van der Waals surface area contributed by atoms with Crippen LogP contribution in [0.25, 0.3) is 11.0 Å². The zero-order chi connectivity index (χ0) is 13.2. The highest BCUT2D eigenvalue weighted by Gasteiger charge is 2.25. The molecule has 0 saturated carbocycles. The molecule has 2 aromatic rings. The van der Waals surface area contributed by atoms with Gasteiger partial charge in [-0.15, -0.1) is 0 Å². The van der Waals surface area contributed by atoms with Crippen LogP contribution in [0.3, 0.4) is 0 Å². The second-order valence-electron chi connectivity index (χ2n) is 4.90. The van der Waals surface area contributed by atoms with E-state index in [1.54, 1.807) is 0 Å². The number of hydrogen-bond acceptors (Lipinski definition) is 4. The molecule has 0 amide bonds. The molecular weight excluding hydrogens is 304 g/mol. The van der Waals surface area contributed by atoms with Crippen LogP contribution in [0.15, 0.2) is 29.0 Å². The molecule has 0 aliphatic carbocycles. The Hall–Kier alpha value is -1.20. The molecule has 3 rings (SSSR count). The van der Waals surface area contributed by atoms with Crippen LogP contribution in [0, 0.1) is 0 Å². The van der Waals surface area contributed by atoms with Crippen molar-refractivity contribution in [3.05, 3.63) is 29.0 Å². The zero-order valence-electron chi connectivity index (χ0n) is 10.9. The molecule has 3 heterocycles. The van der Waals surface area contributed by atoms with Crippen molar-refractivity contribution >= 4 is 32.7 Å². The van der Waals surface area contributed by atoms with E-state index in [2.05, 4.69) is 42.2 Å². The van der Waals surface area contributed by atoms with Gasteiger partial charge in [0, 0.05) is 36.0 Å². The van der Waals surface area contributed by atoms with Crippen LogP contribution in [-0.2, 0) is 0 Å². The maximum absolute atomic E-state index is 4.55. The van der Waals surface area contributed by atoms with Crippen LogP contribution < -0.4 is 10.2 Å². The second kappa shape index (κ2) is 5.43. The van der Waals surface area contributed by atoms with E-state index in [0.29, 0.717) is 6.04 Å². The van der Waals surface area contributed by atoms with Crippen molar-refractivity contribution in [1.29, 1.82) is 0 Å². The number of rotatable bonds is 3. The van der Waals surface area contributed by atoms with Crippen LogP contribution in [0.5, 0.6) is 0 Å². The number of pyridine rings is 2. The van der Waals surface area contributed by atoms with Gasteiger partial charge in [0.2, 0.25) is 0 Å². The third-order valence-electron chi connectivity index (χ3n) is 3.65. The lowest BCUT2D eigenvalue weighted by atomic mass is 10.2. The van der Waals surface area contributed by atoms with E-state index in [4.69, 9.17) is 0 Å². The van der Waals surface area contributed by atoms with Crippen molar-refractivity contribution in [2.75, 3.05) is 25.0 Å². The minimum atomic E-state index is 0.557. The Balaban J connectivity index is 2.04. The molecule has 1 N–H and O–H groups in total. The van der Waals surface area contributed by atoms with Gasteiger partial charge in [-0.25, -0.2) is 0 Å². The number of nitrogens with zero attached hydrogens (tertiary/aromatic N) is 3. The minimum Gasteiger partial charge on any atom is -0.365 e.